The summed E-state index contributed by atoms with van der Waals surface area (Å²) in [5.74, 6) is -1.11. The fourth-order valence-corrected chi connectivity index (χ4v) is 5.77. The van der Waals surface area contributed by atoms with Crippen LogP contribution in [0.25, 0.3) is 10.8 Å². The molecule has 0 aromatic heterocycles. The SMILES string of the molecule is CCCCCCCCCCCCNc1ccc2c3c(cccc13)C(=O)N(CCCCCCCCCC(=O)O)C2=O. The number of amides is 2. The quantitative estimate of drug-likeness (QED) is 0.113. The molecule has 220 valence electrons. The first kappa shape index (κ1) is 31.6. The van der Waals surface area contributed by atoms with Gasteiger partial charge in [0.2, 0.25) is 0 Å². The number of nitrogens with one attached hydrogen (secondary N) is 1. The molecule has 1 aliphatic rings. The smallest absolute Gasteiger partial charge is 0.303 e. The molecule has 2 amide bonds. The zero-order valence-corrected chi connectivity index (χ0v) is 24.6. The van der Waals surface area contributed by atoms with E-state index in [1.54, 1.807) is 0 Å². The summed E-state index contributed by atoms with van der Waals surface area (Å²) in [6.45, 7) is 3.59. The number of anilines is 1. The number of hydrogen-bond acceptors (Lipinski definition) is 4. The minimum atomic E-state index is -0.732. The summed E-state index contributed by atoms with van der Waals surface area (Å²) in [6, 6.07) is 9.65. The van der Waals surface area contributed by atoms with Crippen molar-refractivity contribution >= 4 is 34.2 Å². The Morgan fingerprint density at radius 2 is 1.25 bits per heavy atom. The number of aliphatic carboxylic acids is 1. The van der Waals surface area contributed by atoms with Crippen LogP contribution in [0.15, 0.2) is 30.3 Å². The molecule has 0 fully saturated rings. The van der Waals surface area contributed by atoms with Crippen LogP contribution in [0.2, 0.25) is 0 Å². The second kappa shape index (κ2) is 17.7. The van der Waals surface area contributed by atoms with E-state index in [-0.39, 0.29) is 18.2 Å². The molecule has 1 aliphatic heterocycles. The Labute approximate surface area is 240 Å². The van der Waals surface area contributed by atoms with Crippen LogP contribution in [0.5, 0.6) is 0 Å². The number of rotatable bonds is 22. The van der Waals surface area contributed by atoms with E-state index >= 15 is 0 Å². The third-order valence-electron chi connectivity index (χ3n) is 8.11. The van der Waals surface area contributed by atoms with Gasteiger partial charge in [0.25, 0.3) is 11.8 Å². The molecule has 40 heavy (non-hydrogen) atoms. The van der Waals surface area contributed by atoms with Crippen LogP contribution in [0.1, 0.15) is 143 Å². The Kier molecular flexibility index (Phi) is 14.0. The summed E-state index contributed by atoms with van der Waals surface area (Å²) in [6.07, 6.45) is 19.8. The van der Waals surface area contributed by atoms with Crippen molar-refractivity contribution in [2.45, 2.75) is 122 Å². The number of carbonyl (C=O) groups is 3. The molecule has 3 rings (SSSR count). The predicted octanol–water partition coefficient (Wildman–Crippen LogP) is 8.97. The first-order valence-corrected chi connectivity index (χ1v) is 15.9. The topological polar surface area (TPSA) is 86.7 Å². The van der Waals surface area contributed by atoms with Gasteiger partial charge in [-0.25, -0.2) is 0 Å². The summed E-state index contributed by atoms with van der Waals surface area (Å²) in [7, 11) is 0. The molecule has 0 saturated carbocycles. The molecule has 0 bridgehead atoms. The summed E-state index contributed by atoms with van der Waals surface area (Å²) in [4.78, 5) is 38.6. The van der Waals surface area contributed by atoms with Gasteiger partial charge in [-0.15, -0.1) is 0 Å². The van der Waals surface area contributed by atoms with Crippen molar-refractivity contribution in [1.29, 1.82) is 0 Å². The Hall–Kier alpha value is -2.89. The number of carbonyl (C=O) groups excluding carboxylic acids is 2. The summed E-state index contributed by atoms with van der Waals surface area (Å²) in [5.41, 5.74) is 2.23. The van der Waals surface area contributed by atoms with Crippen LogP contribution in [0.3, 0.4) is 0 Å². The number of carboxylic acids is 1. The van der Waals surface area contributed by atoms with Crippen LogP contribution in [-0.4, -0.2) is 40.9 Å². The van der Waals surface area contributed by atoms with Crippen molar-refractivity contribution in [2.24, 2.45) is 0 Å². The second-order valence-corrected chi connectivity index (χ2v) is 11.4. The molecule has 0 aliphatic carbocycles. The maximum absolute atomic E-state index is 13.3. The molecule has 2 aromatic carbocycles. The Bertz CT molecular complexity index is 1070. The average Bonchev–Trinajstić information content (AvgIpc) is 2.95. The molecule has 0 saturated heterocycles. The molecular weight excluding hydrogens is 500 g/mol. The molecular formula is C34H50N2O4. The van der Waals surface area contributed by atoms with Crippen LogP contribution in [0, 0.1) is 0 Å². The summed E-state index contributed by atoms with van der Waals surface area (Å²) in [5, 5.41) is 14.0. The standard InChI is InChI=1S/C34H50N2O4/c1-2-3-4-5-6-7-8-11-14-17-25-35-30-24-23-29-32-27(30)20-19-21-28(32)33(39)36(34(29)40)26-18-15-12-9-10-13-16-22-31(37)38/h19-21,23-24,35H,2-18,22,25-26H2,1H3,(H,37,38). The van der Waals surface area contributed by atoms with Crippen LogP contribution >= 0.6 is 0 Å². The number of carboxylic acid groups (broad SMARTS) is 1. The zero-order valence-electron chi connectivity index (χ0n) is 24.6. The lowest BCUT2D eigenvalue weighted by Crippen LogP contribution is -2.40. The Morgan fingerprint density at radius 3 is 1.88 bits per heavy atom. The van der Waals surface area contributed by atoms with E-state index in [0.717, 1.165) is 74.4 Å². The molecule has 1 heterocycles. The summed E-state index contributed by atoms with van der Waals surface area (Å²) < 4.78 is 0. The van der Waals surface area contributed by atoms with Crippen molar-refractivity contribution in [1.82, 2.24) is 4.90 Å². The van der Waals surface area contributed by atoms with Gasteiger partial charge >= 0.3 is 5.97 Å². The van der Waals surface area contributed by atoms with Gasteiger partial charge in [-0.2, -0.15) is 0 Å². The lowest BCUT2D eigenvalue weighted by atomic mass is 9.92. The molecule has 2 N–H and O–H groups in total. The van der Waals surface area contributed by atoms with E-state index in [0.29, 0.717) is 17.7 Å². The average molecular weight is 551 g/mol. The number of imide groups is 1. The fourth-order valence-electron chi connectivity index (χ4n) is 5.77. The van der Waals surface area contributed by atoms with Gasteiger partial charge in [0.1, 0.15) is 0 Å². The zero-order chi connectivity index (χ0) is 28.6. The summed E-state index contributed by atoms with van der Waals surface area (Å²) >= 11 is 0. The first-order chi connectivity index (χ1) is 19.5. The van der Waals surface area contributed by atoms with E-state index in [9.17, 15) is 14.4 Å². The normalized spacial score (nSPS) is 12.9. The van der Waals surface area contributed by atoms with E-state index in [4.69, 9.17) is 5.11 Å². The van der Waals surface area contributed by atoms with Crippen molar-refractivity contribution < 1.29 is 19.5 Å². The van der Waals surface area contributed by atoms with Crippen LogP contribution in [0.4, 0.5) is 5.69 Å². The third kappa shape index (κ3) is 9.64. The van der Waals surface area contributed by atoms with Gasteiger partial charge in [-0.3, -0.25) is 19.3 Å². The van der Waals surface area contributed by atoms with Crippen LogP contribution < -0.4 is 5.32 Å². The first-order valence-electron chi connectivity index (χ1n) is 15.9. The van der Waals surface area contributed by atoms with E-state index in [1.807, 2.05) is 30.3 Å². The third-order valence-corrected chi connectivity index (χ3v) is 8.11. The van der Waals surface area contributed by atoms with E-state index < -0.39 is 5.97 Å². The van der Waals surface area contributed by atoms with E-state index in [1.165, 1.54) is 62.7 Å². The Morgan fingerprint density at radius 1 is 0.700 bits per heavy atom. The molecule has 6 nitrogen and oxygen atoms in total. The maximum Gasteiger partial charge on any atom is 0.303 e. The second-order valence-electron chi connectivity index (χ2n) is 11.4. The molecule has 0 radical (unpaired) electrons. The van der Waals surface area contributed by atoms with Gasteiger partial charge in [0.05, 0.1) is 0 Å². The number of nitrogens with zero attached hydrogens (tertiary/aromatic N) is 1. The minimum absolute atomic E-state index is 0.191. The van der Waals surface area contributed by atoms with Gasteiger partial charge < -0.3 is 10.4 Å². The van der Waals surface area contributed by atoms with Gasteiger partial charge in [-0.05, 0) is 37.5 Å². The number of benzene rings is 2. The van der Waals surface area contributed by atoms with Crippen molar-refractivity contribution in [3.8, 4) is 0 Å². The highest BCUT2D eigenvalue weighted by Gasteiger charge is 2.32. The molecule has 0 atom stereocenters. The van der Waals surface area contributed by atoms with Gasteiger partial charge in [0.15, 0.2) is 0 Å². The molecule has 0 unspecified atom stereocenters. The number of unbranched alkanes of at least 4 members (excludes halogenated alkanes) is 15. The molecule has 6 heteroatoms. The van der Waals surface area contributed by atoms with Crippen molar-refractivity contribution in [3.05, 3.63) is 41.5 Å². The van der Waals surface area contributed by atoms with Crippen molar-refractivity contribution in [3.63, 3.8) is 0 Å². The maximum atomic E-state index is 13.3. The lowest BCUT2D eigenvalue weighted by molar-refractivity contribution is -0.137. The minimum Gasteiger partial charge on any atom is -0.481 e. The van der Waals surface area contributed by atoms with Crippen LogP contribution in [-0.2, 0) is 4.79 Å². The van der Waals surface area contributed by atoms with Gasteiger partial charge in [0, 0.05) is 47.1 Å². The monoisotopic (exact) mass is 550 g/mol. The Balaban J connectivity index is 1.43. The highest BCUT2D eigenvalue weighted by atomic mass is 16.4. The number of hydrogen-bond donors (Lipinski definition) is 2. The highest BCUT2D eigenvalue weighted by molar-refractivity contribution is 6.26. The lowest BCUT2D eigenvalue weighted by Gasteiger charge is -2.28. The molecule has 0 spiro atoms. The molecule has 2 aromatic rings. The van der Waals surface area contributed by atoms with E-state index in [2.05, 4.69) is 12.2 Å². The highest BCUT2D eigenvalue weighted by Crippen LogP contribution is 2.34. The van der Waals surface area contributed by atoms with Crippen molar-refractivity contribution in [2.75, 3.05) is 18.4 Å². The van der Waals surface area contributed by atoms with Gasteiger partial charge in [-0.1, -0.05) is 109 Å². The predicted molar refractivity (Wildman–Crippen MR) is 164 cm³/mol. The fraction of sp³-hybridized carbons (Fsp3) is 0.618. The largest absolute Gasteiger partial charge is 0.481 e.